The van der Waals surface area contributed by atoms with E-state index in [0.717, 1.165) is 19.5 Å². The summed E-state index contributed by atoms with van der Waals surface area (Å²) in [5.74, 6) is 0. The van der Waals surface area contributed by atoms with Crippen LogP contribution in [0.3, 0.4) is 0 Å². The fourth-order valence-corrected chi connectivity index (χ4v) is 2.05. The Kier molecular flexibility index (Phi) is 2.67. The zero-order valence-electron chi connectivity index (χ0n) is 7.75. The van der Waals surface area contributed by atoms with Crippen LogP contribution < -0.4 is 11.1 Å². The largest absolute Gasteiger partial charge is 0.324 e. The summed E-state index contributed by atoms with van der Waals surface area (Å²) in [6, 6.07) is 4.28. The molecule has 0 spiro atoms. The summed E-state index contributed by atoms with van der Waals surface area (Å²) in [5, 5.41) is 5.53. The van der Waals surface area contributed by atoms with Crippen molar-refractivity contribution in [3.05, 3.63) is 22.4 Å². The van der Waals surface area contributed by atoms with E-state index in [4.69, 9.17) is 5.73 Å². The Labute approximate surface area is 83.1 Å². The number of rotatable bonds is 5. The van der Waals surface area contributed by atoms with Gasteiger partial charge in [-0.25, -0.2) is 0 Å². The van der Waals surface area contributed by atoms with Gasteiger partial charge in [0, 0.05) is 23.5 Å². The van der Waals surface area contributed by atoms with Gasteiger partial charge >= 0.3 is 0 Å². The second-order valence-electron chi connectivity index (χ2n) is 3.87. The minimum atomic E-state index is 0.148. The van der Waals surface area contributed by atoms with Crippen LogP contribution in [-0.4, -0.2) is 18.6 Å². The molecule has 1 aliphatic carbocycles. The molecule has 0 amide bonds. The van der Waals surface area contributed by atoms with Crippen LogP contribution in [0.2, 0.25) is 0 Å². The predicted molar refractivity (Wildman–Crippen MR) is 57.0 cm³/mol. The van der Waals surface area contributed by atoms with E-state index in [1.165, 1.54) is 17.7 Å². The van der Waals surface area contributed by atoms with Crippen LogP contribution in [0.25, 0.3) is 0 Å². The van der Waals surface area contributed by atoms with Crippen molar-refractivity contribution in [3.63, 3.8) is 0 Å². The molecule has 3 N–H and O–H groups in total. The van der Waals surface area contributed by atoms with E-state index < -0.39 is 0 Å². The van der Waals surface area contributed by atoms with Crippen molar-refractivity contribution < 1.29 is 0 Å². The summed E-state index contributed by atoms with van der Waals surface area (Å²) in [6.07, 6.45) is 3.52. The molecular formula is C10H16N2S. The fraction of sp³-hybridized carbons (Fsp3) is 0.600. The molecule has 0 aliphatic heterocycles. The van der Waals surface area contributed by atoms with E-state index in [1.54, 1.807) is 0 Å². The van der Waals surface area contributed by atoms with Gasteiger partial charge in [0.1, 0.15) is 0 Å². The second kappa shape index (κ2) is 3.78. The molecule has 0 aromatic carbocycles. The summed E-state index contributed by atoms with van der Waals surface area (Å²) in [7, 11) is 0. The van der Waals surface area contributed by atoms with E-state index in [9.17, 15) is 0 Å². The normalized spacial score (nSPS) is 18.8. The lowest BCUT2D eigenvalue weighted by atomic mass is 10.3. The summed E-state index contributed by atoms with van der Waals surface area (Å²) in [6.45, 7) is 2.04. The Bertz CT molecular complexity index is 252. The third-order valence-electron chi connectivity index (χ3n) is 2.50. The summed E-state index contributed by atoms with van der Waals surface area (Å²) < 4.78 is 0. The first-order valence-electron chi connectivity index (χ1n) is 4.81. The molecule has 1 aromatic rings. The third-order valence-corrected chi connectivity index (χ3v) is 3.43. The monoisotopic (exact) mass is 196 g/mol. The Morgan fingerprint density at radius 3 is 3.00 bits per heavy atom. The van der Waals surface area contributed by atoms with E-state index >= 15 is 0 Å². The molecule has 1 fully saturated rings. The lowest BCUT2D eigenvalue weighted by Crippen LogP contribution is -2.36. The standard InChI is InChI=1S/C10H16N2S/c11-10(4-5-10)8-12-6-3-9-2-1-7-13-9/h1-2,7,12H,3-6,8,11H2. The van der Waals surface area contributed by atoms with Crippen molar-refractivity contribution in [1.82, 2.24) is 5.32 Å². The van der Waals surface area contributed by atoms with Gasteiger partial charge in [-0.2, -0.15) is 0 Å². The van der Waals surface area contributed by atoms with Crippen molar-refractivity contribution in [2.75, 3.05) is 13.1 Å². The Morgan fingerprint density at radius 1 is 1.54 bits per heavy atom. The van der Waals surface area contributed by atoms with Crippen LogP contribution in [-0.2, 0) is 6.42 Å². The molecule has 2 nitrogen and oxygen atoms in total. The minimum absolute atomic E-state index is 0.148. The molecule has 2 rings (SSSR count). The van der Waals surface area contributed by atoms with Crippen LogP contribution in [0.5, 0.6) is 0 Å². The highest BCUT2D eigenvalue weighted by Gasteiger charge is 2.37. The average molecular weight is 196 g/mol. The van der Waals surface area contributed by atoms with Gasteiger partial charge in [-0.05, 0) is 30.7 Å². The second-order valence-corrected chi connectivity index (χ2v) is 4.90. The number of thiophene rings is 1. The maximum absolute atomic E-state index is 5.95. The Morgan fingerprint density at radius 2 is 2.38 bits per heavy atom. The van der Waals surface area contributed by atoms with Crippen molar-refractivity contribution >= 4 is 11.3 Å². The molecule has 1 saturated carbocycles. The summed E-state index contributed by atoms with van der Waals surface area (Å²) in [4.78, 5) is 1.45. The lowest BCUT2D eigenvalue weighted by molar-refractivity contribution is 0.572. The van der Waals surface area contributed by atoms with Crippen LogP contribution in [0.15, 0.2) is 17.5 Å². The number of nitrogens with two attached hydrogens (primary N) is 1. The topological polar surface area (TPSA) is 38.0 Å². The third kappa shape index (κ3) is 2.79. The molecule has 0 bridgehead atoms. The van der Waals surface area contributed by atoms with E-state index in [0.29, 0.717) is 0 Å². The van der Waals surface area contributed by atoms with Gasteiger partial charge in [0.25, 0.3) is 0 Å². The van der Waals surface area contributed by atoms with Crippen LogP contribution in [0.1, 0.15) is 17.7 Å². The average Bonchev–Trinajstić information content (AvgIpc) is 2.69. The highest BCUT2D eigenvalue weighted by molar-refractivity contribution is 7.09. The predicted octanol–water partition coefficient (Wildman–Crippen LogP) is 1.37. The van der Waals surface area contributed by atoms with Crippen molar-refractivity contribution in [2.45, 2.75) is 24.8 Å². The van der Waals surface area contributed by atoms with Gasteiger partial charge in [-0.1, -0.05) is 6.07 Å². The van der Waals surface area contributed by atoms with Crippen LogP contribution >= 0.6 is 11.3 Å². The van der Waals surface area contributed by atoms with Crippen molar-refractivity contribution in [2.24, 2.45) is 5.73 Å². The van der Waals surface area contributed by atoms with E-state index in [2.05, 4.69) is 22.8 Å². The Hall–Kier alpha value is -0.380. The van der Waals surface area contributed by atoms with Gasteiger partial charge in [0.15, 0.2) is 0 Å². The van der Waals surface area contributed by atoms with Gasteiger partial charge in [0.05, 0.1) is 0 Å². The first-order valence-corrected chi connectivity index (χ1v) is 5.68. The SMILES string of the molecule is NC1(CNCCc2cccs2)CC1. The molecule has 13 heavy (non-hydrogen) atoms. The molecule has 1 aliphatic rings. The number of hydrogen-bond donors (Lipinski definition) is 2. The fourth-order valence-electron chi connectivity index (χ4n) is 1.34. The molecule has 1 aromatic heterocycles. The van der Waals surface area contributed by atoms with Crippen molar-refractivity contribution in [1.29, 1.82) is 0 Å². The van der Waals surface area contributed by atoms with Gasteiger partial charge in [-0.3, -0.25) is 0 Å². The molecule has 3 heteroatoms. The molecule has 1 heterocycles. The molecule has 0 saturated heterocycles. The zero-order valence-corrected chi connectivity index (χ0v) is 8.57. The molecule has 0 atom stereocenters. The van der Waals surface area contributed by atoms with Crippen LogP contribution in [0.4, 0.5) is 0 Å². The number of nitrogens with one attached hydrogen (secondary N) is 1. The van der Waals surface area contributed by atoms with Gasteiger partial charge in [-0.15, -0.1) is 11.3 Å². The maximum atomic E-state index is 5.95. The highest BCUT2D eigenvalue weighted by Crippen LogP contribution is 2.30. The van der Waals surface area contributed by atoms with Crippen LogP contribution in [0, 0.1) is 0 Å². The van der Waals surface area contributed by atoms with Gasteiger partial charge in [0.2, 0.25) is 0 Å². The van der Waals surface area contributed by atoms with Crippen molar-refractivity contribution in [3.8, 4) is 0 Å². The molecule has 0 radical (unpaired) electrons. The first kappa shape index (κ1) is 9.19. The summed E-state index contributed by atoms with van der Waals surface area (Å²) in [5.41, 5.74) is 6.09. The first-order chi connectivity index (χ1) is 6.29. The summed E-state index contributed by atoms with van der Waals surface area (Å²) >= 11 is 1.83. The van der Waals surface area contributed by atoms with Gasteiger partial charge < -0.3 is 11.1 Å². The zero-order chi connectivity index (χ0) is 9.15. The minimum Gasteiger partial charge on any atom is -0.324 e. The quantitative estimate of drug-likeness (QED) is 0.698. The molecule has 72 valence electrons. The molecular weight excluding hydrogens is 180 g/mol. The Balaban J connectivity index is 1.59. The smallest absolute Gasteiger partial charge is 0.0282 e. The van der Waals surface area contributed by atoms with E-state index in [-0.39, 0.29) is 5.54 Å². The lowest BCUT2D eigenvalue weighted by Gasteiger charge is -2.09. The number of hydrogen-bond acceptors (Lipinski definition) is 3. The van der Waals surface area contributed by atoms with E-state index in [1.807, 2.05) is 11.3 Å². The molecule has 0 unspecified atom stereocenters. The highest BCUT2D eigenvalue weighted by atomic mass is 32.1. The maximum Gasteiger partial charge on any atom is 0.0282 e.